The Morgan fingerprint density at radius 1 is 1.24 bits per heavy atom. The monoisotopic (exact) mass is 400 g/mol. The first kappa shape index (κ1) is 19.2. The van der Waals surface area contributed by atoms with Crippen LogP contribution < -0.4 is 11.1 Å². The maximum absolute atomic E-state index is 13.6. The predicted molar refractivity (Wildman–Crippen MR) is 103 cm³/mol. The van der Waals surface area contributed by atoms with E-state index in [1.165, 1.54) is 0 Å². The van der Waals surface area contributed by atoms with E-state index in [9.17, 15) is 13.2 Å². The molecule has 29 heavy (non-hydrogen) atoms. The van der Waals surface area contributed by atoms with E-state index in [0.717, 1.165) is 31.9 Å². The van der Waals surface area contributed by atoms with E-state index in [4.69, 9.17) is 11.0 Å². The van der Waals surface area contributed by atoms with Crippen molar-refractivity contribution in [2.24, 2.45) is 5.73 Å². The van der Waals surface area contributed by atoms with Crippen molar-refractivity contribution in [3.05, 3.63) is 41.6 Å². The lowest BCUT2D eigenvalue weighted by atomic mass is 9.92. The zero-order valence-electron chi connectivity index (χ0n) is 15.4. The summed E-state index contributed by atoms with van der Waals surface area (Å²) >= 11 is 0. The number of benzene rings is 1. The lowest BCUT2D eigenvalue weighted by Crippen LogP contribution is -2.35. The molecule has 0 saturated heterocycles. The van der Waals surface area contributed by atoms with Crippen molar-refractivity contribution in [2.45, 2.75) is 43.9 Å². The Hall–Kier alpha value is -3.12. The predicted octanol–water partition coefficient (Wildman–Crippen LogP) is 4.20. The molecular formula is C20H19F3N6. The number of alkyl halides is 3. The number of nitrogens with two attached hydrogens (primary N) is 1. The smallest absolute Gasteiger partial charge is 0.353 e. The quantitative estimate of drug-likeness (QED) is 0.611. The van der Waals surface area contributed by atoms with Gasteiger partial charge < -0.3 is 16.0 Å². The third kappa shape index (κ3) is 4.03. The molecule has 1 aliphatic rings. The molecule has 4 N–H and O–H groups in total. The fourth-order valence-electron chi connectivity index (χ4n) is 3.73. The molecule has 0 spiro atoms. The van der Waals surface area contributed by atoms with Gasteiger partial charge >= 0.3 is 6.18 Å². The van der Waals surface area contributed by atoms with Gasteiger partial charge in [-0.15, -0.1) is 0 Å². The number of aromatic amines is 1. The number of hydrogen-bond donors (Lipinski definition) is 3. The number of nitrogens with zero attached hydrogens (tertiary/aromatic N) is 3. The summed E-state index contributed by atoms with van der Waals surface area (Å²) in [6.07, 6.45) is -0.303. The first-order valence-electron chi connectivity index (χ1n) is 9.33. The first-order valence-corrected chi connectivity index (χ1v) is 9.33. The maximum atomic E-state index is 13.6. The van der Waals surface area contributed by atoms with Gasteiger partial charge in [0.2, 0.25) is 5.95 Å². The highest BCUT2D eigenvalue weighted by atomic mass is 19.4. The molecule has 4 rings (SSSR count). The van der Waals surface area contributed by atoms with E-state index in [0.29, 0.717) is 16.5 Å². The summed E-state index contributed by atoms with van der Waals surface area (Å²) in [7, 11) is 0. The average Bonchev–Trinajstić information content (AvgIpc) is 3.10. The Bertz CT molecular complexity index is 1080. The minimum Gasteiger partial charge on any atom is -0.353 e. The number of hydrogen-bond acceptors (Lipinski definition) is 5. The molecule has 2 aromatic heterocycles. The molecule has 1 aliphatic carbocycles. The van der Waals surface area contributed by atoms with Crippen LogP contribution in [0.2, 0.25) is 0 Å². The van der Waals surface area contributed by atoms with Gasteiger partial charge in [-0.25, -0.2) is 9.97 Å². The van der Waals surface area contributed by atoms with Crippen molar-refractivity contribution >= 4 is 16.9 Å². The lowest BCUT2D eigenvalue weighted by Gasteiger charge is -2.27. The van der Waals surface area contributed by atoms with Crippen LogP contribution in [0.4, 0.5) is 19.1 Å². The van der Waals surface area contributed by atoms with Crippen LogP contribution in [0.1, 0.15) is 36.8 Å². The number of nitrogens with one attached hydrogen (secondary N) is 2. The van der Waals surface area contributed by atoms with Gasteiger partial charge in [0.1, 0.15) is 11.3 Å². The second-order valence-corrected chi connectivity index (χ2v) is 7.32. The van der Waals surface area contributed by atoms with Crippen molar-refractivity contribution < 1.29 is 13.2 Å². The zero-order chi connectivity index (χ0) is 20.6. The summed E-state index contributed by atoms with van der Waals surface area (Å²) in [5, 5.41) is 12.9. The van der Waals surface area contributed by atoms with Crippen LogP contribution in [-0.2, 0) is 6.18 Å². The number of fused-ring (bicyclic) bond motifs is 1. The van der Waals surface area contributed by atoms with Gasteiger partial charge in [0.15, 0.2) is 0 Å². The summed E-state index contributed by atoms with van der Waals surface area (Å²) < 4.78 is 40.7. The Labute approximate surface area is 165 Å². The van der Waals surface area contributed by atoms with E-state index < -0.39 is 11.7 Å². The van der Waals surface area contributed by atoms with Crippen molar-refractivity contribution in [1.29, 1.82) is 5.26 Å². The molecule has 1 saturated carbocycles. The molecule has 9 heteroatoms. The van der Waals surface area contributed by atoms with Crippen LogP contribution in [0.25, 0.3) is 22.3 Å². The van der Waals surface area contributed by atoms with E-state index >= 15 is 0 Å². The molecule has 0 amide bonds. The highest BCUT2D eigenvalue weighted by molar-refractivity contribution is 5.86. The van der Waals surface area contributed by atoms with Gasteiger partial charge in [-0.3, -0.25) is 0 Å². The lowest BCUT2D eigenvalue weighted by molar-refractivity contribution is -0.137. The third-order valence-corrected chi connectivity index (χ3v) is 5.15. The molecule has 2 heterocycles. The molecule has 6 nitrogen and oxygen atoms in total. The topological polar surface area (TPSA) is 103 Å². The number of anilines is 1. The van der Waals surface area contributed by atoms with Crippen molar-refractivity contribution in [3.63, 3.8) is 0 Å². The van der Waals surface area contributed by atoms with E-state index in [1.807, 2.05) is 6.07 Å². The van der Waals surface area contributed by atoms with Gasteiger partial charge in [-0.1, -0.05) is 6.07 Å². The molecule has 0 radical (unpaired) electrons. The van der Waals surface area contributed by atoms with Gasteiger partial charge in [0.25, 0.3) is 0 Å². The summed E-state index contributed by atoms with van der Waals surface area (Å²) in [6.45, 7) is 0. The molecule has 150 valence electrons. The zero-order valence-corrected chi connectivity index (χ0v) is 15.4. The molecule has 3 aromatic rings. The maximum Gasteiger partial charge on any atom is 0.420 e. The van der Waals surface area contributed by atoms with Gasteiger partial charge in [-0.2, -0.15) is 18.4 Å². The van der Waals surface area contributed by atoms with Gasteiger partial charge in [-0.05, 0) is 43.9 Å². The number of nitriles is 1. The Morgan fingerprint density at radius 2 is 2.07 bits per heavy atom. The van der Waals surface area contributed by atoms with Gasteiger partial charge in [0, 0.05) is 29.2 Å². The largest absolute Gasteiger partial charge is 0.420 e. The molecule has 1 fully saturated rings. The van der Waals surface area contributed by atoms with Crippen molar-refractivity contribution in [3.8, 4) is 17.5 Å². The minimum atomic E-state index is -4.60. The van der Waals surface area contributed by atoms with E-state index in [2.05, 4.69) is 20.3 Å². The van der Waals surface area contributed by atoms with Crippen molar-refractivity contribution in [1.82, 2.24) is 15.0 Å². The number of rotatable bonds is 3. The second-order valence-electron chi connectivity index (χ2n) is 7.32. The minimum absolute atomic E-state index is 0.0317. The summed E-state index contributed by atoms with van der Waals surface area (Å²) in [6, 6.07) is 8.60. The molecule has 0 bridgehead atoms. The first-order chi connectivity index (χ1) is 13.8. The fourth-order valence-corrected chi connectivity index (χ4v) is 3.73. The van der Waals surface area contributed by atoms with Crippen LogP contribution in [0.15, 0.2) is 30.5 Å². The number of halogens is 3. The molecule has 2 atom stereocenters. The van der Waals surface area contributed by atoms with Crippen LogP contribution in [0.5, 0.6) is 0 Å². The highest BCUT2D eigenvalue weighted by Crippen LogP contribution is 2.37. The van der Waals surface area contributed by atoms with Crippen molar-refractivity contribution in [2.75, 3.05) is 5.32 Å². The van der Waals surface area contributed by atoms with Crippen LogP contribution >= 0.6 is 0 Å². The Morgan fingerprint density at radius 3 is 2.79 bits per heavy atom. The van der Waals surface area contributed by atoms with E-state index in [1.54, 1.807) is 24.3 Å². The molecular weight excluding hydrogens is 381 g/mol. The molecule has 0 unspecified atom stereocenters. The number of aromatic nitrogens is 3. The van der Waals surface area contributed by atoms with Crippen LogP contribution in [-0.4, -0.2) is 27.0 Å². The Balaban J connectivity index is 1.74. The standard InChI is InChI=1S/C20H19F3N6/c21-20(22,23)15-10-26-19(27-14-3-1-2-13(25)8-14)29-18(15)17-7-12-5-4-11(9-24)6-16(12)28-17/h4-7,10,13-14,28H,1-3,8,25H2,(H,26,27,29)/t13-,14+/m1/s1. The summed E-state index contributed by atoms with van der Waals surface area (Å²) in [4.78, 5) is 11.0. The second kappa shape index (κ2) is 7.37. The van der Waals surface area contributed by atoms with Crippen LogP contribution in [0.3, 0.4) is 0 Å². The normalized spacial score (nSPS) is 19.8. The highest BCUT2D eigenvalue weighted by Gasteiger charge is 2.36. The molecule has 1 aromatic carbocycles. The molecule has 0 aliphatic heterocycles. The SMILES string of the molecule is N#Cc1ccc2cc(-c3nc(N[C@H]4CCC[C@@H](N)C4)ncc3C(F)(F)F)[nH]c2c1. The number of H-pyrrole nitrogens is 1. The summed E-state index contributed by atoms with van der Waals surface area (Å²) in [5.41, 5.74) is 6.04. The average molecular weight is 400 g/mol. The van der Waals surface area contributed by atoms with Gasteiger partial charge in [0.05, 0.1) is 17.3 Å². The van der Waals surface area contributed by atoms with Crippen LogP contribution in [0, 0.1) is 11.3 Å². The fraction of sp³-hybridized carbons (Fsp3) is 0.350. The third-order valence-electron chi connectivity index (χ3n) is 5.15. The Kier molecular flexibility index (Phi) is 4.88. The summed E-state index contributed by atoms with van der Waals surface area (Å²) in [5.74, 6) is 0.142. The van der Waals surface area contributed by atoms with E-state index in [-0.39, 0.29) is 29.4 Å².